The van der Waals surface area contributed by atoms with Gasteiger partial charge in [0.15, 0.2) is 0 Å². The van der Waals surface area contributed by atoms with E-state index in [4.69, 9.17) is 0 Å². The molecule has 39 heavy (non-hydrogen) atoms. The van der Waals surface area contributed by atoms with Crippen molar-refractivity contribution in [2.75, 3.05) is 17.4 Å². The number of benzene rings is 4. The van der Waals surface area contributed by atoms with Crippen molar-refractivity contribution in [3.63, 3.8) is 0 Å². The fraction of sp³-hybridized carbons (Fsp3) is 0.200. The predicted molar refractivity (Wildman–Crippen MR) is 152 cm³/mol. The third kappa shape index (κ3) is 7.51. The number of non-ortho nitro benzene ring substituents is 1. The second kappa shape index (κ2) is 12.7. The Morgan fingerprint density at radius 3 is 1.90 bits per heavy atom. The highest BCUT2D eigenvalue weighted by molar-refractivity contribution is 7.92. The van der Waals surface area contributed by atoms with Crippen molar-refractivity contribution in [3.05, 3.63) is 136 Å². The van der Waals surface area contributed by atoms with Gasteiger partial charge in [-0.3, -0.25) is 19.3 Å². The molecule has 0 radical (unpaired) electrons. The Bertz CT molecular complexity index is 1440. The molecule has 9 heteroatoms. The van der Waals surface area contributed by atoms with Gasteiger partial charge in [0, 0.05) is 31.8 Å². The number of hydrogen-bond donors (Lipinski definition) is 1. The van der Waals surface area contributed by atoms with Crippen LogP contribution < -0.4 is 4.31 Å². The Morgan fingerprint density at radius 1 is 0.795 bits per heavy atom. The van der Waals surface area contributed by atoms with E-state index in [1.54, 1.807) is 12.1 Å². The van der Waals surface area contributed by atoms with Crippen molar-refractivity contribution in [1.29, 1.82) is 0 Å². The summed E-state index contributed by atoms with van der Waals surface area (Å²) < 4.78 is 28.6. The predicted octanol–water partition coefficient (Wildman–Crippen LogP) is 5.16. The number of nitro groups is 1. The van der Waals surface area contributed by atoms with E-state index in [-0.39, 0.29) is 29.4 Å². The minimum atomic E-state index is -4.13. The Labute approximate surface area is 229 Å². The summed E-state index contributed by atoms with van der Waals surface area (Å²) in [6.07, 6.45) is -1.09. The fourth-order valence-electron chi connectivity index (χ4n) is 4.36. The average Bonchev–Trinajstić information content (AvgIpc) is 2.93. The lowest BCUT2D eigenvalue weighted by Gasteiger charge is -2.30. The zero-order chi connectivity index (χ0) is 27.8. The van der Waals surface area contributed by atoms with Crippen LogP contribution in [0.1, 0.15) is 16.7 Å². The van der Waals surface area contributed by atoms with Gasteiger partial charge in [-0.15, -0.1) is 0 Å². The van der Waals surface area contributed by atoms with Crippen LogP contribution in [0, 0.1) is 17.0 Å². The Balaban J connectivity index is 1.63. The highest BCUT2D eigenvalue weighted by Gasteiger charge is 2.29. The molecule has 4 rings (SSSR count). The van der Waals surface area contributed by atoms with Crippen LogP contribution in [0.4, 0.5) is 11.4 Å². The number of aryl methyl sites for hydroxylation is 1. The molecule has 0 spiro atoms. The van der Waals surface area contributed by atoms with E-state index in [9.17, 15) is 23.6 Å². The zero-order valence-corrected chi connectivity index (χ0v) is 22.4. The third-order valence-corrected chi connectivity index (χ3v) is 8.09. The normalized spacial score (nSPS) is 12.3. The molecule has 1 N–H and O–H groups in total. The third-order valence-electron chi connectivity index (χ3n) is 6.28. The minimum absolute atomic E-state index is 0.0391. The van der Waals surface area contributed by atoms with Crippen LogP contribution in [0.2, 0.25) is 0 Å². The Hall–Kier alpha value is -4.05. The van der Waals surface area contributed by atoms with Crippen molar-refractivity contribution in [3.8, 4) is 0 Å². The molecule has 0 aliphatic rings. The molecule has 202 valence electrons. The van der Waals surface area contributed by atoms with Gasteiger partial charge in [0.2, 0.25) is 0 Å². The Morgan fingerprint density at radius 2 is 1.36 bits per heavy atom. The maximum absolute atomic E-state index is 13.8. The van der Waals surface area contributed by atoms with E-state index < -0.39 is 21.1 Å². The molecule has 0 fully saturated rings. The van der Waals surface area contributed by atoms with Crippen LogP contribution >= 0.6 is 0 Å². The molecule has 0 amide bonds. The van der Waals surface area contributed by atoms with Crippen LogP contribution in [0.3, 0.4) is 0 Å². The maximum atomic E-state index is 13.8. The van der Waals surface area contributed by atoms with Crippen molar-refractivity contribution < 1.29 is 18.4 Å². The van der Waals surface area contributed by atoms with Gasteiger partial charge in [0.25, 0.3) is 15.7 Å². The molecule has 0 aliphatic carbocycles. The monoisotopic (exact) mass is 545 g/mol. The lowest BCUT2D eigenvalue weighted by Crippen LogP contribution is -2.42. The van der Waals surface area contributed by atoms with Crippen molar-refractivity contribution in [1.82, 2.24) is 4.90 Å². The summed E-state index contributed by atoms with van der Waals surface area (Å²) in [5, 5.41) is 22.7. The zero-order valence-electron chi connectivity index (χ0n) is 21.6. The van der Waals surface area contributed by atoms with Crippen LogP contribution in [-0.4, -0.2) is 42.5 Å². The molecule has 4 aromatic carbocycles. The summed E-state index contributed by atoms with van der Waals surface area (Å²) in [6.45, 7) is 2.85. The summed E-state index contributed by atoms with van der Waals surface area (Å²) >= 11 is 0. The quantitative estimate of drug-likeness (QED) is 0.195. The molecule has 0 bridgehead atoms. The first-order valence-corrected chi connectivity index (χ1v) is 14.0. The first-order valence-electron chi connectivity index (χ1n) is 12.5. The molecular formula is C30H31N3O5S. The number of sulfonamides is 1. The molecule has 4 aromatic rings. The van der Waals surface area contributed by atoms with Gasteiger partial charge >= 0.3 is 0 Å². The number of anilines is 1. The number of rotatable bonds is 12. The van der Waals surface area contributed by atoms with E-state index in [2.05, 4.69) is 4.90 Å². The number of aliphatic hydroxyl groups excluding tert-OH is 1. The van der Waals surface area contributed by atoms with Gasteiger partial charge in [0.05, 0.1) is 28.2 Å². The summed E-state index contributed by atoms with van der Waals surface area (Å²) in [6, 6.07) is 31.5. The summed E-state index contributed by atoms with van der Waals surface area (Å²) in [7, 11) is -4.13. The van der Waals surface area contributed by atoms with E-state index >= 15 is 0 Å². The van der Waals surface area contributed by atoms with E-state index in [0.29, 0.717) is 13.1 Å². The number of nitrogens with zero attached hydrogens (tertiary/aromatic N) is 3. The molecule has 0 heterocycles. The van der Waals surface area contributed by atoms with Gasteiger partial charge in [-0.05, 0) is 36.2 Å². The van der Waals surface area contributed by atoms with Gasteiger partial charge in [-0.1, -0.05) is 84.4 Å². The number of nitro benzene ring substituents is 1. The van der Waals surface area contributed by atoms with Crippen molar-refractivity contribution in [2.24, 2.45) is 0 Å². The van der Waals surface area contributed by atoms with Gasteiger partial charge in [0.1, 0.15) is 0 Å². The SMILES string of the molecule is Cc1ccc(S(=O)(=O)N(CC(O)CN(Cc2ccccc2)Cc2ccccc2)c2cccc([N+](=O)[O-])c2)cc1. The topological polar surface area (TPSA) is 104 Å². The number of hydrogen-bond acceptors (Lipinski definition) is 6. The highest BCUT2D eigenvalue weighted by Crippen LogP contribution is 2.28. The first kappa shape index (κ1) is 28.0. The lowest BCUT2D eigenvalue weighted by molar-refractivity contribution is -0.384. The summed E-state index contributed by atoms with van der Waals surface area (Å²) in [5.41, 5.74) is 2.89. The highest BCUT2D eigenvalue weighted by atomic mass is 32.2. The van der Waals surface area contributed by atoms with Gasteiger partial charge < -0.3 is 5.11 Å². The average molecular weight is 546 g/mol. The molecule has 1 atom stereocenters. The Kier molecular flexibility index (Phi) is 9.08. The second-order valence-electron chi connectivity index (χ2n) is 9.42. The second-order valence-corrected chi connectivity index (χ2v) is 11.3. The van der Waals surface area contributed by atoms with E-state index in [0.717, 1.165) is 21.0 Å². The van der Waals surface area contributed by atoms with Crippen LogP contribution in [0.25, 0.3) is 0 Å². The van der Waals surface area contributed by atoms with Gasteiger partial charge in [-0.2, -0.15) is 0 Å². The van der Waals surface area contributed by atoms with Crippen molar-refractivity contribution in [2.45, 2.75) is 31.0 Å². The molecule has 1 unspecified atom stereocenters. The standard InChI is InChI=1S/C30H31N3O5S/c1-24-15-17-30(18-16-24)39(37,38)32(27-13-8-14-28(19-27)33(35)36)23-29(34)22-31(20-25-9-4-2-5-10-25)21-26-11-6-3-7-12-26/h2-19,29,34H,20-23H2,1H3. The van der Waals surface area contributed by atoms with Crippen molar-refractivity contribution >= 4 is 21.4 Å². The summed E-state index contributed by atoms with van der Waals surface area (Å²) in [4.78, 5) is 13.0. The molecule has 0 aliphatic heterocycles. The largest absolute Gasteiger partial charge is 0.390 e. The maximum Gasteiger partial charge on any atom is 0.271 e. The first-order chi connectivity index (χ1) is 18.7. The smallest absolute Gasteiger partial charge is 0.271 e. The summed E-state index contributed by atoms with van der Waals surface area (Å²) in [5.74, 6) is 0. The van der Waals surface area contributed by atoms with Crippen LogP contribution in [-0.2, 0) is 23.1 Å². The molecule has 0 saturated carbocycles. The van der Waals surface area contributed by atoms with Gasteiger partial charge in [-0.25, -0.2) is 8.42 Å². The lowest BCUT2D eigenvalue weighted by atomic mass is 10.1. The number of aliphatic hydroxyl groups is 1. The fourth-order valence-corrected chi connectivity index (χ4v) is 5.85. The van der Waals surface area contributed by atoms with Crippen LogP contribution in [0.5, 0.6) is 0 Å². The van der Waals surface area contributed by atoms with Crippen LogP contribution in [0.15, 0.2) is 114 Å². The minimum Gasteiger partial charge on any atom is -0.390 e. The van der Waals surface area contributed by atoms with E-state index in [1.807, 2.05) is 67.6 Å². The molecular weight excluding hydrogens is 514 g/mol. The molecule has 0 aromatic heterocycles. The van der Waals surface area contributed by atoms with E-state index in [1.165, 1.54) is 36.4 Å². The molecule has 0 saturated heterocycles. The molecule has 8 nitrogen and oxygen atoms in total.